The molecule has 4 nitrogen and oxygen atoms in total. The van der Waals surface area contributed by atoms with Gasteiger partial charge >= 0.3 is 5.97 Å². The fraction of sp³-hybridized carbons (Fsp3) is 0.188. The molecule has 1 unspecified atom stereocenters. The Morgan fingerprint density at radius 1 is 1.05 bits per heavy atom. The number of aliphatic hydroxyl groups is 1. The smallest absolute Gasteiger partial charge is 0.335 e. The maximum atomic E-state index is 11.1. The lowest BCUT2D eigenvalue weighted by Crippen LogP contribution is -2.23. The third-order valence-electron chi connectivity index (χ3n) is 2.80. The summed E-state index contributed by atoms with van der Waals surface area (Å²) >= 11 is 0. The number of methoxy groups -OCH3 is 1. The van der Waals surface area contributed by atoms with Crippen molar-refractivity contribution in [3.63, 3.8) is 0 Å². The molecule has 0 aliphatic carbocycles. The van der Waals surface area contributed by atoms with E-state index >= 15 is 0 Å². The number of rotatable bonds is 5. The van der Waals surface area contributed by atoms with Gasteiger partial charge in [0.2, 0.25) is 0 Å². The van der Waals surface area contributed by atoms with Gasteiger partial charge in [0.1, 0.15) is 11.5 Å². The van der Waals surface area contributed by atoms with Crippen LogP contribution in [0.2, 0.25) is 0 Å². The minimum atomic E-state index is -1.14. The lowest BCUT2D eigenvalue weighted by atomic mass is 10.1. The van der Waals surface area contributed by atoms with E-state index in [1.165, 1.54) is 7.11 Å². The van der Waals surface area contributed by atoms with Crippen molar-refractivity contribution in [1.82, 2.24) is 0 Å². The second-order valence-electron chi connectivity index (χ2n) is 4.30. The summed E-state index contributed by atoms with van der Waals surface area (Å²) in [5.41, 5.74) is 0.836. The predicted molar refractivity (Wildman–Crippen MR) is 74.7 cm³/mol. The average Bonchev–Trinajstić information content (AvgIpc) is 2.49. The van der Waals surface area contributed by atoms with E-state index in [0.717, 1.165) is 11.3 Å². The highest BCUT2D eigenvalue weighted by molar-refractivity contribution is 5.74. The molecule has 0 saturated heterocycles. The molecule has 0 fully saturated rings. The normalized spacial score (nSPS) is 11.7. The van der Waals surface area contributed by atoms with Crippen LogP contribution in [-0.2, 0) is 16.0 Å². The molecule has 0 heterocycles. The minimum absolute atomic E-state index is 0.221. The maximum absolute atomic E-state index is 11.1. The first-order chi connectivity index (χ1) is 9.69. The topological polar surface area (TPSA) is 55.8 Å². The third kappa shape index (κ3) is 3.83. The van der Waals surface area contributed by atoms with Crippen molar-refractivity contribution in [1.29, 1.82) is 0 Å². The Morgan fingerprint density at radius 2 is 1.65 bits per heavy atom. The zero-order chi connectivity index (χ0) is 14.4. The summed E-state index contributed by atoms with van der Waals surface area (Å²) in [7, 11) is 1.25. The molecule has 2 aromatic carbocycles. The van der Waals surface area contributed by atoms with Crippen molar-refractivity contribution in [3.05, 3.63) is 60.2 Å². The summed E-state index contributed by atoms with van der Waals surface area (Å²) in [6.45, 7) is 0. The van der Waals surface area contributed by atoms with Crippen molar-refractivity contribution in [2.45, 2.75) is 12.5 Å². The molecule has 0 radical (unpaired) electrons. The number of para-hydroxylation sites is 1. The van der Waals surface area contributed by atoms with E-state index in [2.05, 4.69) is 4.74 Å². The molecule has 0 aliphatic heterocycles. The van der Waals surface area contributed by atoms with Crippen molar-refractivity contribution in [2.75, 3.05) is 7.11 Å². The van der Waals surface area contributed by atoms with Gasteiger partial charge < -0.3 is 14.6 Å². The van der Waals surface area contributed by atoms with E-state index in [1.54, 1.807) is 12.1 Å². The monoisotopic (exact) mass is 272 g/mol. The van der Waals surface area contributed by atoms with Crippen LogP contribution in [0, 0.1) is 0 Å². The number of benzene rings is 2. The van der Waals surface area contributed by atoms with Crippen LogP contribution in [0.15, 0.2) is 54.6 Å². The van der Waals surface area contributed by atoms with Crippen LogP contribution in [0.1, 0.15) is 5.56 Å². The molecule has 0 aliphatic rings. The van der Waals surface area contributed by atoms with Crippen LogP contribution in [0.3, 0.4) is 0 Å². The molecule has 0 spiro atoms. The molecular formula is C16H16O4. The summed E-state index contributed by atoms with van der Waals surface area (Å²) in [5.74, 6) is 0.831. The Morgan fingerprint density at radius 3 is 2.25 bits per heavy atom. The molecule has 0 bridgehead atoms. The highest BCUT2D eigenvalue weighted by Crippen LogP contribution is 2.21. The summed E-state index contributed by atoms with van der Waals surface area (Å²) in [5, 5.41) is 9.57. The van der Waals surface area contributed by atoms with Gasteiger partial charge in [-0.1, -0.05) is 30.3 Å². The van der Waals surface area contributed by atoms with Gasteiger partial charge in [0, 0.05) is 6.42 Å². The quantitative estimate of drug-likeness (QED) is 0.850. The lowest BCUT2D eigenvalue weighted by Gasteiger charge is -2.09. The zero-order valence-corrected chi connectivity index (χ0v) is 11.2. The van der Waals surface area contributed by atoms with E-state index in [0.29, 0.717) is 5.75 Å². The molecule has 1 atom stereocenters. The van der Waals surface area contributed by atoms with Crippen LogP contribution >= 0.6 is 0 Å². The largest absolute Gasteiger partial charge is 0.467 e. The van der Waals surface area contributed by atoms with Crippen LogP contribution in [0.4, 0.5) is 0 Å². The molecule has 4 heteroatoms. The zero-order valence-electron chi connectivity index (χ0n) is 11.2. The first-order valence-corrected chi connectivity index (χ1v) is 6.27. The van der Waals surface area contributed by atoms with Crippen LogP contribution in [0.5, 0.6) is 11.5 Å². The van der Waals surface area contributed by atoms with Crippen LogP contribution in [-0.4, -0.2) is 24.3 Å². The number of aliphatic hydroxyl groups excluding tert-OH is 1. The number of esters is 1. The lowest BCUT2D eigenvalue weighted by molar-refractivity contribution is -0.150. The summed E-state index contributed by atoms with van der Waals surface area (Å²) in [4.78, 5) is 11.1. The minimum Gasteiger partial charge on any atom is -0.467 e. The van der Waals surface area contributed by atoms with Gasteiger partial charge in [-0.25, -0.2) is 4.79 Å². The SMILES string of the molecule is COC(=O)C(O)Cc1ccc(Oc2ccccc2)cc1. The van der Waals surface area contributed by atoms with Crippen LogP contribution < -0.4 is 4.74 Å². The van der Waals surface area contributed by atoms with Gasteiger partial charge in [0.15, 0.2) is 6.10 Å². The third-order valence-corrected chi connectivity index (χ3v) is 2.80. The van der Waals surface area contributed by atoms with Gasteiger partial charge in [-0.15, -0.1) is 0 Å². The molecule has 0 aromatic heterocycles. The van der Waals surface area contributed by atoms with Crippen molar-refractivity contribution in [2.24, 2.45) is 0 Å². The maximum Gasteiger partial charge on any atom is 0.335 e. The van der Waals surface area contributed by atoms with Crippen molar-refractivity contribution < 1.29 is 19.4 Å². The Bertz CT molecular complexity index is 548. The number of carbonyl (C=O) groups is 1. The highest BCUT2D eigenvalue weighted by atomic mass is 16.5. The first-order valence-electron chi connectivity index (χ1n) is 6.27. The second kappa shape index (κ2) is 6.73. The molecule has 2 aromatic rings. The Labute approximate surface area is 117 Å². The molecule has 0 amide bonds. The fourth-order valence-electron chi connectivity index (χ4n) is 1.76. The Hall–Kier alpha value is -2.33. The molecule has 1 N–H and O–H groups in total. The Balaban J connectivity index is 1.98. The molecular weight excluding hydrogens is 256 g/mol. The van der Waals surface area contributed by atoms with E-state index in [4.69, 9.17) is 4.74 Å². The van der Waals surface area contributed by atoms with Gasteiger partial charge in [0.05, 0.1) is 7.11 Å². The number of carbonyl (C=O) groups excluding carboxylic acids is 1. The first kappa shape index (κ1) is 14.1. The van der Waals surface area contributed by atoms with E-state index < -0.39 is 12.1 Å². The fourth-order valence-corrected chi connectivity index (χ4v) is 1.76. The van der Waals surface area contributed by atoms with E-state index in [-0.39, 0.29) is 6.42 Å². The van der Waals surface area contributed by atoms with Crippen molar-refractivity contribution in [3.8, 4) is 11.5 Å². The Kier molecular flexibility index (Phi) is 4.74. The number of hydrogen-bond donors (Lipinski definition) is 1. The van der Waals surface area contributed by atoms with Crippen LogP contribution in [0.25, 0.3) is 0 Å². The average molecular weight is 272 g/mol. The second-order valence-corrected chi connectivity index (χ2v) is 4.30. The number of hydrogen-bond acceptors (Lipinski definition) is 4. The van der Waals surface area contributed by atoms with Crippen molar-refractivity contribution >= 4 is 5.97 Å². The van der Waals surface area contributed by atoms with Gasteiger partial charge in [-0.05, 0) is 29.8 Å². The van der Waals surface area contributed by atoms with E-state index in [1.807, 2.05) is 42.5 Å². The predicted octanol–water partition coefficient (Wildman–Crippen LogP) is 2.56. The van der Waals surface area contributed by atoms with Gasteiger partial charge in [0.25, 0.3) is 0 Å². The highest BCUT2D eigenvalue weighted by Gasteiger charge is 2.15. The molecule has 104 valence electrons. The molecule has 0 saturated carbocycles. The molecule has 2 rings (SSSR count). The summed E-state index contributed by atoms with van der Waals surface area (Å²) in [6, 6.07) is 16.7. The van der Waals surface area contributed by atoms with E-state index in [9.17, 15) is 9.90 Å². The van der Waals surface area contributed by atoms with Gasteiger partial charge in [-0.3, -0.25) is 0 Å². The number of ether oxygens (including phenoxy) is 2. The van der Waals surface area contributed by atoms with Gasteiger partial charge in [-0.2, -0.15) is 0 Å². The standard InChI is InChI=1S/C16H16O4/c1-19-16(18)15(17)11-12-7-9-14(10-8-12)20-13-5-3-2-4-6-13/h2-10,15,17H,11H2,1H3. The molecule has 20 heavy (non-hydrogen) atoms. The summed E-state index contributed by atoms with van der Waals surface area (Å²) in [6.07, 6.45) is -0.918. The summed E-state index contributed by atoms with van der Waals surface area (Å²) < 4.78 is 10.1.